The summed E-state index contributed by atoms with van der Waals surface area (Å²) in [5.41, 5.74) is 2.71. The highest BCUT2D eigenvalue weighted by Crippen LogP contribution is 2.23. The largest absolute Gasteiger partial charge is 0.488 e. The predicted molar refractivity (Wildman–Crippen MR) is 72.6 cm³/mol. The van der Waals surface area contributed by atoms with Gasteiger partial charge >= 0.3 is 0 Å². The third-order valence-corrected chi connectivity index (χ3v) is 2.79. The van der Waals surface area contributed by atoms with Crippen LogP contribution in [-0.2, 0) is 0 Å². The van der Waals surface area contributed by atoms with E-state index in [0.29, 0.717) is 5.92 Å². The molecule has 0 aliphatic carbocycles. The van der Waals surface area contributed by atoms with Crippen LogP contribution in [0.15, 0.2) is 30.9 Å². The average Bonchev–Trinajstić information content (AvgIpc) is 2.28. The summed E-state index contributed by atoms with van der Waals surface area (Å²) in [6.07, 6.45) is 1.90. The van der Waals surface area contributed by atoms with E-state index in [1.807, 2.05) is 6.08 Å². The van der Waals surface area contributed by atoms with Gasteiger partial charge in [0, 0.05) is 0 Å². The van der Waals surface area contributed by atoms with Gasteiger partial charge in [-0.2, -0.15) is 0 Å². The van der Waals surface area contributed by atoms with E-state index in [-0.39, 0.29) is 0 Å². The third kappa shape index (κ3) is 4.61. The van der Waals surface area contributed by atoms with Crippen LogP contribution in [0.4, 0.5) is 0 Å². The number of aryl methyl sites for hydroxylation is 1. The second-order valence-electron chi connectivity index (χ2n) is 4.62. The van der Waals surface area contributed by atoms with Crippen molar-refractivity contribution < 1.29 is 10.1 Å². The molecule has 1 rings (SSSR count). The number of hydrogen-bond donors (Lipinski definition) is 1. The summed E-state index contributed by atoms with van der Waals surface area (Å²) in [5, 5.41) is 2.18. The second-order valence-corrected chi connectivity index (χ2v) is 4.62. The number of nitrogens with two attached hydrogens (primary N) is 1. The maximum atomic E-state index is 5.70. The Morgan fingerprint density at radius 3 is 2.76 bits per heavy atom. The summed E-state index contributed by atoms with van der Waals surface area (Å²) in [6.45, 7) is 12.9. The molecule has 0 aliphatic heterocycles. The molecule has 2 N–H and O–H groups in total. The summed E-state index contributed by atoms with van der Waals surface area (Å²) in [6, 6.07) is 6.36. The Hall–Kier alpha value is -1.28. The van der Waals surface area contributed by atoms with Crippen LogP contribution in [0.3, 0.4) is 0 Å². The van der Waals surface area contributed by atoms with Crippen molar-refractivity contribution in [1.29, 1.82) is 0 Å². The molecular formula is C15H24NO+. The average molecular weight is 234 g/mol. The van der Waals surface area contributed by atoms with Gasteiger partial charge in [0.05, 0.1) is 6.54 Å². The first-order chi connectivity index (χ1) is 8.15. The molecule has 0 bridgehead atoms. The maximum absolute atomic E-state index is 5.70. The van der Waals surface area contributed by atoms with Crippen molar-refractivity contribution in [2.45, 2.75) is 26.7 Å². The van der Waals surface area contributed by atoms with Crippen molar-refractivity contribution in [3.8, 4) is 5.75 Å². The third-order valence-electron chi connectivity index (χ3n) is 2.79. The lowest BCUT2D eigenvalue weighted by atomic mass is 9.98. The summed E-state index contributed by atoms with van der Waals surface area (Å²) in [4.78, 5) is 0. The van der Waals surface area contributed by atoms with Crippen molar-refractivity contribution in [3.05, 3.63) is 42.0 Å². The fourth-order valence-corrected chi connectivity index (χ4v) is 1.88. The molecule has 0 aromatic heterocycles. The number of rotatable bonds is 7. The normalized spacial score (nSPS) is 10.6. The van der Waals surface area contributed by atoms with Gasteiger partial charge in [0.1, 0.15) is 18.9 Å². The summed E-state index contributed by atoms with van der Waals surface area (Å²) < 4.78 is 5.70. The van der Waals surface area contributed by atoms with E-state index in [9.17, 15) is 0 Å². The summed E-state index contributed by atoms with van der Waals surface area (Å²) in [7, 11) is 0. The fraction of sp³-hybridized carbons (Fsp3) is 0.467. The monoisotopic (exact) mass is 234 g/mol. The molecular weight excluding hydrogens is 210 g/mol. The zero-order valence-corrected chi connectivity index (χ0v) is 11.2. The van der Waals surface area contributed by atoms with Crippen molar-refractivity contribution in [2.24, 2.45) is 0 Å². The highest BCUT2D eigenvalue weighted by molar-refractivity contribution is 5.36. The van der Waals surface area contributed by atoms with Crippen molar-refractivity contribution >= 4 is 0 Å². The molecule has 0 radical (unpaired) electrons. The zero-order chi connectivity index (χ0) is 12.7. The van der Waals surface area contributed by atoms with Gasteiger partial charge in [-0.15, -0.1) is 0 Å². The molecule has 2 heteroatoms. The molecule has 0 saturated heterocycles. The van der Waals surface area contributed by atoms with Crippen molar-refractivity contribution in [3.63, 3.8) is 0 Å². The summed E-state index contributed by atoms with van der Waals surface area (Å²) >= 11 is 0. The Kier molecular flexibility index (Phi) is 5.78. The van der Waals surface area contributed by atoms with Gasteiger partial charge in [0.25, 0.3) is 0 Å². The van der Waals surface area contributed by atoms with Crippen LogP contribution in [0.25, 0.3) is 0 Å². The van der Waals surface area contributed by atoms with Gasteiger partial charge in [0.15, 0.2) is 0 Å². The molecule has 1 aromatic carbocycles. The quantitative estimate of drug-likeness (QED) is 0.568. The molecule has 0 fully saturated rings. The van der Waals surface area contributed by atoms with E-state index in [0.717, 1.165) is 25.4 Å². The van der Waals surface area contributed by atoms with Gasteiger partial charge in [-0.1, -0.05) is 26.5 Å². The van der Waals surface area contributed by atoms with E-state index in [1.54, 1.807) is 0 Å². The lowest BCUT2D eigenvalue weighted by Gasteiger charge is -2.12. The smallest absolute Gasteiger partial charge is 0.137 e. The Morgan fingerprint density at radius 1 is 1.41 bits per heavy atom. The van der Waals surface area contributed by atoms with E-state index in [2.05, 4.69) is 50.9 Å². The SMILES string of the molecule is C=CC[NH2+]CCOc1ccc(C(C)C)c(C)c1. The molecule has 1 aromatic rings. The molecule has 0 aliphatic rings. The molecule has 0 heterocycles. The lowest BCUT2D eigenvalue weighted by Crippen LogP contribution is -2.85. The molecule has 94 valence electrons. The Bertz CT molecular complexity index is 358. The minimum Gasteiger partial charge on any atom is -0.488 e. The van der Waals surface area contributed by atoms with Crippen LogP contribution in [0.2, 0.25) is 0 Å². The van der Waals surface area contributed by atoms with E-state index in [1.165, 1.54) is 11.1 Å². The van der Waals surface area contributed by atoms with Crippen LogP contribution in [-0.4, -0.2) is 19.7 Å². The highest BCUT2D eigenvalue weighted by atomic mass is 16.5. The van der Waals surface area contributed by atoms with E-state index < -0.39 is 0 Å². The van der Waals surface area contributed by atoms with Gasteiger partial charge in [-0.25, -0.2) is 0 Å². The molecule has 2 nitrogen and oxygen atoms in total. The fourth-order valence-electron chi connectivity index (χ4n) is 1.88. The van der Waals surface area contributed by atoms with Gasteiger partial charge in [0.2, 0.25) is 0 Å². The molecule has 0 atom stereocenters. The molecule has 0 unspecified atom stereocenters. The first-order valence-electron chi connectivity index (χ1n) is 6.31. The van der Waals surface area contributed by atoms with Crippen LogP contribution >= 0.6 is 0 Å². The topological polar surface area (TPSA) is 25.8 Å². The van der Waals surface area contributed by atoms with Gasteiger partial charge in [-0.3, -0.25) is 0 Å². The predicted octanol–water partition coefficient (Wildman–Crippen LogP) is 2.25. The Balaban J connectivity index is 2.44. The van der Waals surface area contributed by atoms with Crippen LogP contribution in [0.5, 0.6) is 5.75 Å². The molecule has 17 heavy (non-hydrogen) atoms. The highest BCUT2D eigenvalue weighted by Gasteiger charge is 2.04. The van der Waals surface area contributed by atoms with Crippen molar-refractivity contribution in [1.82, 2.24) is 0 Å². The van der Waals surface area contributed by atoms with Crippen LogP contribution < -0.4 is 10.1 Å². The summed E-state index contributed by atoms with van der Waals surface area (Å²) in [5.74, 6) is 1.55. The van der Waals surface area contributed by atoms with Crippen LogP contribution in [0, 0.1) is 6.92 Å². The standard InChI is InChI=1S/C15H23NO/c1-5-8-16-9-10-17-14-6-7-15(12(2)3)13(4)11-14/h5-7,11-12,16H,1,8-10H2,2-4H3/p+1. The maximum Gasteiger partial charge on any atom is 0.137 e. The number of quaternary nitrogens is 1. The number of benzene rings is 1. The van der Waals surface area contributed by atoms with E-state index in [4.69, 9.17) is 4.74 Å². The second kappa shape index (κ2) is 7.13. The number of hydrogen-bond acceptors (Lipinski definition) is 1. The number of ether oxygens (including phenoxy) is 1. The lowest BCUT2D eigenvalue weighted by molar-refractivity contribution is -0.646. The molecule has 0 saturated carbocycles. The minimum atomic E-state index is 0.574. The molecule has 0 amide bonds. The first kappa shape index (κ1) is 13.8. The Labute approximate surface area is 105 Å². The van der Waals surface area contributed by atoms with Gasteiger partial charge < -0.3 is 10.1 Å². The first-order valence-corrected chi connectivity index (χ1v) is 6.31. The zero-order valence-electron chi connectivity index (χ0n) is 11.2. The minimum absolute atomic E-state index is 0.574. The van der Waals surface area contributed by atoms with Crippen LogP contribution in [0.1, 0.15) is 30.9 Å². The van der Waals surface area contributed by atoms with E-state index >= 15 is 0 Å². The van der Waals surface area contributed by atoms with Gasteiger partial charge in [-0.05, 0) is 42.2 Å². The molecule has 0 spiro atoms. The Morgan fingerprint density at radius 2 is 2.18 bits per heavy atom. The van der Waals surface area contributed by atoms with Crippen molar-refractivity contribution in [2.75, 3.05) is 19.7 Å².